The Kier molecular flexibility index (Phi) is 10.0. The first kappa shape index (κ1) is 34.9. The Bertz CT molecular complexity index is 2310. The van der Waals surface area contributed by atoms with Crippen molar-refractivity contribution in [1.82, 2.24) is 0 Å². The van der Waals surface area contributed by atoms with Crippen molar-refractivity contribution in [1.29, 1.82) is 0 Å². The first-order valence-electron chi connectivity index (χ1n) is 19.4. The molecule has 0 fully saturated rings. The van der Waals surface area contributed by atoms with Crippen molar-refractivity contribution in [3.8, 4) is 0 Å². The molecular weight excluding hydrogens is 653 g/mol. The highest BCUT2D eigenvalue weighted by Crippen LogP contribution is 2.41. The van der Waals surface area contributed by atoms with Crippen molar-refractivity contribution in [2.45, 2.75) is 46.5 Å². The molecule has 0 amide bonds. The van der Waals surface area contributed by atoms with Crippen LogP contribution in [0.15, 0.2) is 182 Å². The van der Waals surface area contributed by atoms with Crippen molar-refractivity contribution in [3.05, 3.63) is 204 Å². The first-order valence-corrected chi connectivity index (χ1v) is 19.4. The van der Waals surface area contributed by atoms with E-state index in [1.54, 1.807) is 0 Å². The van der Waals surface area contributed by atoms with Gasteiger partial charge in [0.25, 0.3) is 0 Å². The third-order valence-electron chi connectivity index (χ3n) is 10.9. The van der Waals surface area contributed by atoms with Crippen molar-refractivity contribution >= 4 is 55.7 Å². The van der Waals surface area contributed by atoms with Crippen LogP contribution in [0.4, 0.5) is 34.1 Å². The molecule has 0 heterocycles. The predicted molar refractivity (Wildman–Crippen MR) is 233 cm³/mol. The number of hydrogen-bond acceptors (Lipinski definition) is 2. The molecular formula is C52H48N2. The molecule has 1 unspecified atom stereocenters. The molecule has 0 aliphatic rings. The minimum Gasteiger partial charge on any atom is -0.310 e. The molecule has 2 heteroatoms. The van der Waals surface area contributed by atoms with Gasteiger partial charge in [0.2, 0.25) is 0 Å². The van der Waals surface area contributed by atoms with E-state index in [1.807, 2.05) is 0 Å². The van der Waals surface area contributed by atoms with Gasteiger partial charge in [-0.1, -0.05) is 147 Å². The van der Waals surface area contributed by atoms with E-state index in [1.165, 1.54) is 43.8 Å². The summed E-state index contributed by atoms with van der Waals surface area (Å²) in [6.45, 7) is 9.00. The lowest BCUT2D eigenvalue weighted by molar-refractivity contribution is 0.468. The van der Waals surface area contributed by atoms with E-state index in [0.29, 0.717) is 5.92 Å². The molecule has 8 rings (SSSR count). The molecule has 0 aromatic heterocycles. The smallest absolute Gasteiger partial charge is 0.0468 e. The molecule has 0 bridgehead atoms. The van der Waals surface area contributed by atoms with E-state index >= 15 is 0 Å². The van der Waals surface area contributed by atoms with Crippen LogP contribution in [0.5, 0.6) is 0 Å². The van der Waals surface area contributed by atoms with Gasteiger partial charge in [0.1, 0.15) is 0 Å². The third-order valence-corrected chi connectivity index (χ3v) is 10.9. The van der Waals surface area contributed by atoms with Crippen LogP contribution in [0.25, 0.3) is 21.5 Å². The van der Waals surface area contributed by atoms with Gasteiger partial charge in [-0.3, -0.25) is 0 Å². The molecule has 2 nitrogen and oxygen atoms in total. The summed E-state index contributed by atoms with van der Waals surface area (Å²) < 4.78 is 0. The van der Waals surface area contributed by atoms with E-state index < -0.39 is 0 Å². The van der Waals surface area contributed by atoms with E-state index in [2.05, 4.69) is 219 Å². The fraction of sp³-hybridized carbons (Fsp3) is 0.154. The van der Waals surface area contributed by atoms with Crippen molar-refractivity contribution in [3.63, 3.8) is 0 Å². The van der Waals surface area contributed by atoms with Crippen LogP contribution in [-0.4, -0.2) is 0 Å². The lowest BCUT2D eigenvalue weighted by Gasteiger charge is -2.29. The zero-order chi connectivity index (χ0) is 37.0. The molecule has 0 aliphatic heterocycles. The van der Waals surface area contributed by atoms with Gasteiger partial charge in [-0.05, 0) is 125 Å². The Morgan fingerprint density at radius 3 is 1.09 bits per heavy atom. The summed E-state index contributed by atoms with van der Waals surface area (Å²) in [5.74, 6) is 0.754. The molecule has 266 valence electrons. The van der Waals surface area contributed by atoms with Gasteiger partial charge in [-0.2, -0.15) is 0 Å². The van der Waals surface area contributed by atoms with Gasteiger partial charge < -0.3 is 9.80 Å². The average Bonchev–Trinajstić information content (AvgIpc) is 3.21. The minimum absolute atomic E-state index is 0.273. The molecule has 1 atom stereocenters. The van der Waals surface area contributed by atoms with Crippen LogP contribution >= 0.6 is 0 Å². The normalized spacial score (nSPS) is 11.9. The summed E-state index contributed by atoms with van der Waals surface area (Å²) in [6.07, 6.45) is 2.31. The topological polar surface area (TPSA) is 6.48 Å². The Hall–Kier alpha value is -6.12. The standard InChI is InChI=1S/C52H48N2/c1-5-10-39(4)52(42-21-29-48(30-22-42)53(46-25-15-37(2)16-26-46)50-33-19-40-11-6-8-13-44(40)35-50)43-23-31-49(32-24-43)54(47-27-17-38(3)18-28-47)51-34-20-41-12-7-9-14-45(41)36-51/h6-9,11-36,39,52H,5,10H2,1-4H3. The number of fused-ring (bicyclic) bond motifs is 2. The van der Waals surface area contributed by atoms with E-state index in [-0.39, 0.29) is 5.92 Å². The molecule has 0 aliphatic carbocycles. The van der Waals surface area contributed by atoms with Gasteiger partial charge in [0.15, 0.2) is 0 Å². The van der Waals surface area contributed by atoms with E-state index in [4.69, 9.17) is 0 Å². The zero-order valence-electron chi connectivity index (χ0n) is 31.8. The minimum atomic E-state index is 0.273. The lowest BCUT2D eigenvalue weighted by Crippen LogP contribution is -2.14. The van der Waals surface area contributed by atoms with Crippen molar-refractivity contribution in [2.75, 3.05) is 9.80 Å². The number of rotatable bonds is 11. The van der Waals surface area contributed by atoms with Gasteiger partial charge in [0.05, 0.1) is 0 Å². The fourth-order valence-corrected chi connectivity index (χ4v) is 8.05. The number of hydrogen-bond donors (Lipinski definition) is 0. The van der Waals surface area contributed by atoms with E-state index in [0.717, 1.165) is 47.0 Å². The maximum absolute atomic E-state index is 2.41. The third kappa shape index (κ3) is 7.25. The van der Waals surface area contributed by atoms with Gasteiger partial charge in [0, 0.05) is 40.0 Å². The zero-order valence-corrected chi connectivity index (χ0v) is 31.8. The molecule has 8 aromatic rings. The largest absolute Gasteiger partial charge is 0.310 e. The summed E-state index contributed by atoms with van der Waals surface area (Å²) in [6, 6.07) is 67.1. The van der Waals surface area contributed by atoms with Crippen LogP contribution in [-0.2, 0) is 0 Å². The Labute approximate surface area is 321 Å². The molecule has 54 heavy (non-hydrogen) atoms. The van der Waals surface area contributed by atoms with Crippen LogP contribution in [0.3, 0.4) is 0 Å². The maximum atomic E-state index is 2.41. The SMILES string of the molecule is CCCC(C)C(c1ccc(N(c2ccc(C)cc2)c2ccc3ccccc3c2)cc1)c1ccc(N(c2ccc(C)cc2)c2ccc3ccccc3c2)cc1. The number of aryl methyl sites for hydroxylation is 2. The number of benzene rings is 8. The molecule has 0 saturated carbocycles. The molecule has 0 radical (unpaired) electrons. The Balaban J connectivity index is 1.16. The van der Waals surface area contributed by atoms with Crippen molar-refractivity contribution < 1.29 is 0 Å². The number of anilines is 6. The predicted octanol–water partition coefficient (Wildman–Crippen LogP) is 15.1. The van der Waals surface area contributed by atoms with Crippen molar-refractivity contribution in [2.24, 2.45) is 5.92 Å². The molecule has 0 spiro atoms. The Morgan fingerprint density at radius 1 is 0.389 bits per heavy atom. The second-order valence-electron chi connectivity index (χ2n) is 14.8. The van der Waals surface area contributed by atoms with Gasteiger partial charge in [-0.25, -0.2) is 0 Å². The molecule has 0 saturated heterocycles. The summed E-state index contributed by atoms with van der Waals surface area (Å²) in [7, 11) is 0. The Morgan fingerprint density at radius 2 is 0.722 bits per heavy atom. The van der Waals surface area contributed by atoms with Gasteiger partial charge >= 0.3 is 0 Å². The maximum Gasteiger partial charge on any atom is 0.0468 e. The van der Waals surface area contributed by atoms with Crippen LogP contribution in [0.2, 0.25) is 0 Å². The van der Waals surface area contributed by atoms with E-state index in [9.17, 15) is 0 Å². The lowest BCUT2D eigenvalue weighted by atomic mass is 9.79. The summed E-state index contributed by atoms with van der Waals surface area (Å²) in [5, 5.41) is 4.97. The fourth-order valence-electron chi connectivity index (χ4n) is 8.05. The highest BCUT2D eigenvalue weighted by atomic mass is 15.1. The second kappa shape index (κ2) is 15.5. The second-order valence-corrected chi connectivity index (χ2v) is 14.8. The van der Waals surface area contributed by atoms with Crippen LogP contribution in [0.1, 0.15) is 54.9 Å². The average molecular weight is 701 g/mol. The number of nitrogens with zero attached hydrogens (tertiary/aromatic N) is 2. The van der Waals surface area contributed by atoms with Gasteiger partial charge in [-0.15, -0.1) is 0 Å². The molecule has 8 aromatic carbocycles. The quantitative estimate of drug-likeness (QED) is 0.133. The highest BCUT2D eigenvalue weighted by molar-refractivity contribution is 5.90. The summed E-state index contributed by atoms with van der Waals surface area (Å²) >= 11 is 0. The van der Waals surface area contributed by atoms with Crippen LogP contribution in [0, 0.1) is 19.8 Å². The highest BCUT2D eigenvalue weighted by Gasteiger charge is 2.23. The summed E-state index contributed by atoms with van der Waals surface area (Å²) in [5.41, 5.74) is 12.1. The molecule has 0 N–H and O–H groups in total. The first-order chi connectivity index (χ1) is 26.4. The van der Waals surface area contributed by atoms with Crippen LogP contribution < -0.4 is 9.80 Å². The monoisotopic (exact) mass is 700 g/mol. The summed E-state index contributed by atoms with van der Waals surface area (Å²) in [4.78, 5) is 4.75.